The Balaban J connectivity index is 1.32. The van der Waals surface area contributed by atoms with Crippen LogP contribution in [0.1, 0.15) is 109 Å². The van der Waals surface area contributed by atoms with E-state index in [2.05, 4.69) is 27.9 Å². The van der Waals surface area contributed by atoms with Gasteiger partial charge in [0.2, 0.25) is 6.10 Å². The molecular weight excluding hydrogens is 1020 g/mol. The number of hydrogen-bond acceptors (Lipinski definition) is 15. The summed E-state index contributed by atoms with van der Waals surface area (Å²) in [6.07, 6.45) is -9.44. The summed E-state index contributed by atoms with van der Waals surface area (Å²) in [5.74, 6) is -6.47. The molecule has 0 bridgehead atoms. The van der Waals surface area contributed by atoms with Crippen molar-refractivity contribution in [1.29, 1.82) is 0 Å². The number of halogens is 1. The van der Waals surface area contributed by atoms with Gasteiger partial charge in [0, 0.05) is 29.8 Å². The Morgan fingerprint density at radius 2 is 1.57 bits per heavy atom. The van der Waals surface area contributed by atoms with Crippen LogP contribution in [0.15, 0.2) is 96.1 Å². The molecule has 2 heterocycles. The van der Waals surface area contributed by atoms with E-state index in [-0.39, 0.29) is 36.2 Å². The van der Waals surface area contributed by atoms with Crippen LogP contribution >= 0.6 is 22.6 Å². The monoisotopic (exact) mass is 1080 g/mol. The van der Waals surface area contributed by atoms with Gasteiger partial charge in [0.15, 0.2) is 17.0 Å². The molecule has 3 aromatic carbocycles. The van der Waals surface area contributed by atoms with Crippen molar-refractivity contribution in [3.05, 3.63) is 116 Å². The maximum Gasteiger partial charge on any atom is 0.408 e. The van der Waals surface area contributed by atoms with Crippen LogP contribution in [0, 0.1) is 15.4 Å². The highest BCUT2D eigenvalue weighted by molar-refractivity contribution is 14.1. The summed E-state index contributed by atoms with van der Waals surface area (Å²) in [5, 5.41) is 28.2. The fourth-order valence-electron chi connectivity index (χ4n) is 10.2. The van der Waals surface area contributed by atoms with Crippen molar-refractivity contribution in [2.45, 2.75) is 153 Å². The smallest absolute Gasteiger partial charge is 0.408 e. The van der Waals surface area contributed by atoms with Crippen molar-refractivity contribution in [1.82, 2.24) is 5.32 Å². The Morgan fingerprint density at radius 1 is 0.929 bits per heavy atom. The fraction of sp³-hybridized carbons (Fsp3) is 0.509. The molecule has 4 aliphatic rings. The second-order valence-electron chi connectivity index (χ2n) is 20.1. The van der Waals surface area contributed by atoms with E-state index in [4.69, 9.17) is 33.2 Å². The average Bonchev–Trinajstić information content (AvgIpc) is 4.02. The van der Waals surface area contributed by atoms with E-state index >= 15 is 9.59 Å². The summed E-state index contributed by atoms with van der Waals surface area (Å²) in [5.41, 5.74) is -5.12. The molecule has 1 amide bonds. The normalized spacial score (nSPS) is 30.1. The number of carbonyl (C=O) groups excluding carboxylic acids is 6. The van der Waals surface area contributed by atoms with Gasteiger partial charge in [0.1, 0.15) is 41.7 Å². The van der Waals surface area contributed by atoms with Gasteiger partial charge in [-0.1, -0.05) is 74.5 Å². The minimum absolute atomic E-state index is 0.0926. The zero-order chi connectivity index (χ0) is 50.9. The predicted molar refractivity (Wildman–Crippen MR) is 260 cm³/mol. The molecule has 3 fully saturated rings. The van der Waals surface area contributed by atoms with Gasteiger partial charge < -0.3 is 48.7 Å². The minimum Gasteiger partial charge on any atom is -0.455 e. The number of ketones is 1. The molecule has 1 saturated carbocycles. The van der Waals surface area contributed by atoms with Crippen LogP contribution < -0.4 is 5.32 Å². The Kier molecular flexibility index (Phi) is 15.7. The number of hydrogen-bond donors (Lipinski definition) is 3. The van der Waals surface area contributed by atoms with Gasteiger partial charge in [-0.2, -0.15) is 0 Å². The SMILES string of the molecule is CC(=O)O[C@@]12CO[C@@H]1C[C@@H]1O[C@@]13C(=O)[C@H](O)/C(C(C)C)=C(\C)[C@@H](OC(=O)[C@H](OC(=O)CCCc1ccc(I)cc1)[C@@H](NC(=O)OC(C)(C)C)c1ccccc1)C[C@@](C)(O)[C@@H](OC(=O)c1ccccc1)[C@H]23. The van der Waals surface area contributed by atoms with Crippen molar-refractivity contribution in [3.63, 3.8) is 0 Å². The highest BCUT2D eigenvalue weighted by Gasteiger charge is 2.83. The number of epoxide rings is 1. The number of Topliss-reactive ketones (excluding diaryl/α,β-unsaturated/α-hetero) is 1. The number of carbonyl (C=O) groups is 6. The number of aliphatic hydroxyl groups is 2. The molecule has 2 aliphatic carbocycles. The Bertz CT molecular complexity index is 2470. The fourth-order valence-corrected chi connectivity index (χ4v) is 10.6. The molecule has 2 saturated heterocycles. The molecule has 11 atom stereocenters. The lowest BCUT2D eigenvalue weighted by Gasteiger charge is -2.58. The zero-order valence-corrected chi connectivity index (χ0v) is 42.8. The number of alkyl carbamates (subject to hydrolysis) is 1. The standard InChI is InChI=1S/C53H62INO15/c1-29(2)40-30(3)36(65-48(61)43(66-39(57)21-15-16-32-22-24-35(54)25-23-32)41(33-17-11-9-12-18-33)55-49(62)70-50(5,6)7)27-51(8,63)46(67-47(60)34-19-13-10-14-20-34)44-52(68-31(4)56)28-64-37(52)26-38-53(44,69-38)45(59)42(40)58/h9-14,17-20,22-25,29,36-38,41-44,46,58,63H,15-16,21,26-28H2,1-8H3,(H,55,62)/b40-30+/t36-,37+,38-,41-,42+,43+,44+,46-,51+,52-,53-/m0/s1. The molecule has 3 N–H and O–H groups in total. The first kappa shape index (κ1) is 52.6. The van der Waals surface area contributed by atoms with Crippen LogP contribution in [0.25, 0.3) is 0 Å². The molecule has 0 aromatic heterocycles. The summed E-state index contributed by atoms with van der Waals surface area (Å²) < 4.78 is 43.7. The molecule has 0 unspecified atom stereocenters. The highest BCUT2D eigenvalue weighted by atomic mass is 127. The highest BCUT2D eigenvalue weighted by Crippen LogP contribution is 2.64. The summed E-state index contributed by atoms with van der Waals surface area (Å²) in [7, 11) is 0. The summed E-state index contributed by atoms with van der Waals surface area (Å²) in [6.45, 7) is 12.3. The summed E-state index contributed by atoms with van der Waals surface area (Å²) in [6, 6.07) is 22.7. The third kappa shape index (κ3) is 11.1. The van der Waals surface area contributed by atoms with Gasteiger partial charge in [-0.15, -0.1) is 0 Å². The van der Waals surface area contributed by atoms with Gasteiger partial charge in [0.05, 0.1) is 24.2 Å². The van der Waals surface area contributed by atoms with E-state index in [1.165, 1.54) is 26.0 Å². The Morgan fingerprint density at radius 3 is 2.16 bits per heavy atom. The quantitative estimate of drug-likeness (QED) is 0.0494. The van der Waals surface area contributed by atoms with Crippen LogP contribution in [0.3, 0.4) is 0 Å². The number of ether oxygens (including phenoxy) is 7. The second-order valence-corrected chi connectivity index (χ2v) is 21.4. The summed E-state index contributed by atoms with van der Waals surface area (Å²) >= 11 is 2.20. The number of fused-ring (bicyclic) bond motifs is 2. The van der Waals surface area contributed by atoms with Crippen molar-refractivity contribution in [2.24, 2.45) is 11.8 Å². The van der Waals surface area contributed by atoms with Crippen molar-refractivity contribution < 1.29 is 72.1 Å². The van der Waals surface area contributed by atoms with E-state index in [0.717, 1.165) is 9.13 Å². The molecule has 3 aromatic rings. The van der Waals surface area contributed by atoms with E-state index in [0.29, 0.717) is 18.4 Å². The van der Waals surface area contributed by atoms with E-state index < -0.39 is 119 Å². The average molecular weight is 1080 g/mol. The molecule has 0 radical (unpaired) electrons. The first-order valence-corrected chi connectivity index (χ1v) is 24.6. The third-order valence-electron chi connectivity index (χ3n) is 13.5. The number of nitrogens with one attached hydrogen (secondary N) is 1. The molecule has 2 aliphatic heterocycles. The zero-order valence-electron chi connectivity index (χ0n) is 40.6. The Hall–Kier alpha value is -5.21. The van der Waals surface area contributed by atoms with Crippen molar-refractivity contribution in [2.75, 3.05) is 6.61 Å². The summed E-state index contributed by atoms with van der Waals surface area (Å²) in [4.78, 5) is 85.1. The van der Waals surface area contributed by atoms with Crippen molar-refractivity contribution >= 4 is 58.3 Å². The van der Waals surface area contributed by atoms with Crippen LogP contribution in [0.4, 0.5) is 4.79 Å². The first-order chi connectivity index (χ1) is 33.0. The first-order valence-electron chi connectivity index (χ1n) is 23.6. The maximum atomic E-state index is 15.2. The van der Waals surface area contributed by atoms with Gasteiger partial charge in [0.25, 0.3) is 0 Å². The topological polar surface area (TPSA) is 223 Å². The van der Waals surface area contributed by atoms with E-state index in [9.17, 15) is 29.4 Å². The number of aliphatic hydroxyl groups excluding tert-OH is 1. The van der Waals surface area contributed by atoms with Crippen molar-refractivity contribution in [3.8, 4) is 0 Å². The van der Waals surface area contributed by atoms with E-state index in [1.54, 1.807) is 90.1 Å². The molecule has 376 valence electrons. The van der Waals surface area contributed by atoms with E-state index in [1.807, 2.05) is 24.3 Å². The molecule has 70 heavy (non-hydrogen) atoms. The third-order valence-corrected chi connectivity index (χ3v) is 14.2. The number of aryl methyl sites for hydroxylation is 1. The maximum absolute atomic E-state index is 15.2. The number of amides is 1. The predicted octanol–water partition coefficient (Wildman–Crippen LogP) is 6.84. The lowest BCUT2D eigenvalue weighted by Crippen LogP contribution is -2.77. The molecule has 7 rings (SSSR count). The number of rotatable bonds is 14. The van der Waals surface area contributed by atoms with Crippen LogP contribution in [-0.2, 0) is 58.8 Å². The molecule has 16 nitrogen and oxygen atoms in total. The lowest BCUT2D eigenvalue weighted by molar-refractivity contribution is -0.306. The van der Waals surface area contributed by atoms with Gasteiger partial charge in [-0.25, -0.2) is 14.4 Å². The molecule has 1 spiro atoms. The van der Waals surface area contributed by atoms with Crippen LogP contribution in [0.2, 0.25) is 0 Å². The van der Waals surface area contributed by atoms with Gasteiger partial charge >= 0.3 is 30.0 Å². The van der Waals surface area contributed by atoms with Gasteiger partial charge in [-0.3, -0.25) is 14.4 Å². The minimum atomic E-state index is -2.27. The van der Waals surface area contributed by atoms with Gasteiger partial charge in [-0.05, 0) is 123 Å². The second kappa shape index (κ2) is 20.9. The van der Waals surface area contributed by atoms with Crippen LogP contribution in [-0.4, -0.2) is 112 Å². The molecule has 17 heteroatoms. The number of esters is 4. The molecular formula is C53H62INO15. The Labute approximate surface area is 421 Å². The largest absolute Gasteiger partial charge is 0.455 e. The lowest BCUT2D eigenvalue weighted by atomic mass is 9.57. The van der Waals surface area contributed by atoms with Crippen LogP contribution in [0.5, 0.6) is 0 Å². The number of benzene rings is 3.